The Morgan fingerprint density at radius 2 is 1.80 bits per heavy atom. The molecule has 5 rings (SSSR count). The number of aliphatic imine (C=N–C) groups is 1. The van der Waals surface area contributed by atoms with Crippen LogP contribution >= 0.6 is 11.8 Å². The van der Waals surface area contributed by atoms with Crippen LogP contribution in [-0.2, 0) is 4.79 Å². The molecular formula is C24H24N2O3S. The third kappa shape index (κ3) is 3.72. The largest absolute Gasteiger partial charge is 0.454 e. The maximum absolute atomic E-state index is 13.5. The quantitative estimate of drug-likeness (QED) is 0.601. The molecule has 3 aliphatic rings. The zero-order valence-electron chi connectivity index (χ0n) is 17.0. The monoisotopic (exact) mass is 420 g/mol. The Bertz CT molecular complexity index is 1030. The van der Waals surface area contributed by atoms with E-state index in [2.05, 4.69) is 0 Å². The minimum atomic E-state index is 0.0543. The topological polar surface area (TPSA) is 51.1 Å². The zero-order valence-corrected chi connectivity index (χ0v) is 17.8. The number of aryl methyl sites for hydroxylation is 1. The van der Waals surface area contributed by atoms with Crippen LogP contribution in [0.3, 0.4) is 0 Å². The van der Waals surface area contributed by atoms with Gasteiger partial charge in [-0.15, -0.1) is 0 Å². The van der Waals surface area contributed by atoms with Gasteiger partial charge in [0.05, 0.1) is 10.6 Å². The number of ether oxygens (including phenoxy) is 2. The van der Waals surface area contributed by atoms with Gasteiger partial charge in [-0.25, -0.2) is 4.99 Å². The molecule has 0 N–H and O–H groups in total. The van der Waals surface area contributed by atoms with Crippen molar-refractivity contribution in [3.8, 4) is 11.5 Å². The first-order valence-electron chi connectivity index (χ1n) is 10.5. The normalized spacial score (nSPS) is 21.8. The average Bonchev–Trinajstić information content (AvgIpc) is 3.33. The van der Waals surface area contributed by atoms with Crippen molar-refractivity contribution in [1.29, 1.82) is 0 Å². The highest BCUT2D eigenvalue weighted by molar-refractivity contribution is 8.18. The Labute approximate surface area is 180 Å². The Morgan fingerprint density at radius 3 is 2.57 bits per heavy atom. The van der Waals surface area contributed by atoms with E-state index in [1.165, 1.54) is 18.2 Å². The van der Waals surface area contributed by atoms with E-state index in [9.17, 15) is 4.79 Å². The van der Waals surface area contributed by atoms with E-state index in [0.29, 0.717) is 4.91 Å². The lowest BCUT2D eigenvalue weighted by atomic mass is 9.94. The van der Waals surface area contributed by atoms with Crippen LogP contribution in [-0.4, -0.2) is 28.8 Å². The van der Waals surface area contributed by atoms with E-state index in [4.69, 9.17) is 14.5 Å². The molecule has 0 bridgehead atoms. The number of benzene rings is 2. The maximum atomic E-state index is 13.5. The third-order valence-electron chi connectivity index (χ3n) is 5.81. The fourth-order valence-electron chi connectivity index (χ4n) is 4.19. The van der Waals surface area contributed by atoms with Crippen molar-refractivity contribution < 1.29 is 14.3 Å². The maximum Gasteiger partial charge on any atom is 0.267 e. The van der Waals surface area contributed by atoms with Crippen molar-refractivity contribution >= 4 is 34.6 Å². The van der Waals surface area contributed by atoms with E-state index >= 15 is 0 Å². The second-order valence-electron chi connectivity index (χ2n) is 7.87. The summed E-state index contributed by atoms with van der Waals surface area (Å²) < 4.78 is 11.0. The molecule has 0 aromatic heterocycles. The second-order valence-corrected chi connectivity index (χ2v) is 8.88. The van der Waals surface area contributed by atoms with Gasteiger partial charge in [-0.05, 0) is 73.0 Å². The van der Waals surface area contributed by atoms with Gasteiger partial charge < -0.3 is 9.47 Å². The molecule has 2 aromatic carbocycles. The third-order valence-corrected chi connectivity index (χ3v) is 6.79. The van der Waals surface area contributed by atoms with Crippen molar-refractivity contribution in [2.24, 2.45) is 4.99 Å². The number of hydrogen-bond donors (Lipinski definition) is 0. The first kappa shape index (κ1) is 19.2. The van der Waals surface area contributed by atoms with Crippen LogP contribution in [0.2, 0.25) is 0 Å². The van der Waals surface area contributed by atoms with Gasteiger partial charge in [-0.1, -0.05) is 37.5 Å². The Kier molecular flexibility index (Phi) is 5.25. The highest BCUT2D eigenvalue weighted by atomic mass is 32.2. The van der Waals surface area contributed by atoms with Crippen molar-refractivity contribution in [2.75, 3.05) is 6.79 Å². The van der Waals surface area contributed by atoms with Gasteiger partial charge >= 0.3 is 0 Å². The molecule has 1 aliphatic carbocycles. The van der Waals surface area contributed by atoms with Crippen molar-refractivity contribution in [2.45, 2.75) is 45.1 Å². The molecule has 0 radical (unpaired) electrons. The average molecular weight is 421 g/mol. The minimum Gasteiger partial charge on any atom is -0.454 e. The molecule has 0 unspecified atom stereocenters. The summed E-state index contributed by atoms with van der Waals surface area (Å²) in [5, 5.41) is 0.780. The van der Waals surface area contributed by atoms with Crippen LogP contribution in [0.15, 0.2) is 52.4 Å². The van der Waals surface area contributed by atoms with Gasteiger partial charge in [-0.3, -0.25) is 9.69 Å². The van der Waals surface area contributed by atoms with E-state index in [1.807, 2.05) is 60.4 Å². The van der Waals surface area contributed by atoms with Gasteiger partial charge in [0.2, 0.25) is 6.79 Å². The predicted molar refractivity (Wildman–Crippen MR) is 120 cm³/mol. The smallest absolute Gasteiger partial charge is 0.267 e. The van der Waals surface area contributed by atoms with Crippen LogP contribution < -0.4 is 9.47 Å². The molecule has 2 aliphatic heterocycles. The second kappa shape index (κ2) is 8.19. The number of rotatable bonds is 3. The lowest BCUT2D eigenvalue weighted by Crippen LogP contribution is -2.40. The lowest BCUT2D eigenvalue weighted by Gasteiger charge is -2.30. The summed E-state index contributed by atoms with van der Waals surface area (Å²) in [5.41, 5.74) is 2.89. The first-order chi connectivity index (χ1) is 14.7. The summed E-state index contributed by atoms with van der Waals surface area (Å²) >= 11 is 1.47. The molecule has 1 amide bonds. The first-order valence-corrected chi connectivity index (χ1v) is 11.3. The number of amides is 1. The molecule has 2 fully saturated rings. The SMILES string of the molecule is Cc1cc2c(cc1C=C1SC(=Nc3ccccc3)N(C3CCCCC3)C1=O)OCO2. The molecule has 6 heteroatoms. The molecule has 1 saturated carbocycles. The van der Waals surface area contributed by atoms with E-state index in [0.717, 1.165) is 59.2 Å². The molecule has 2 aromatic rings. The Morgan fingerprint density at radius 1 is 1.07 bits per heavy atom. The molecular weight excluding hydrogens is 396 g/mol. The molecule has 5 nitrogen and oxygen atoms in total. The number of hydrogen-bond acceptors (Lipinski definition) is 5. The summed E-state index contributed by atoms with van der Waals surface area (Å²) in [7, 11) is 0. The van der Waals surface area contributed by atoms with Gasteiger partial charge in [0.15, 0.2) is 16.7 Å². The zero-order chi connectivity index (χ0) is 20.5. The van der Waals surface area contributed by atoms with E-state index in [1.54, 1.807) is 0 Å². The summed E-state index contributed by atoms with van der Waals surface area (Å²) in [6.45, 7) is 2.27. The number of thioether (sulfide) groups is 1. The van der Waals surface area contributed by atoms with Crippen LogP contribution in [0, 0.1) is 6.92 Å². The lowest BCUT2D eigenvalue weighted by molar-refractivity contribution is -0.124. The Balaban J connectivity index is 1.52. The number of nitrogens with zero attached hydrogens (tertiary/aromatic N) is 2. The molecule has 1 saturated heterocycles. The summed E-state index contributed by atoms with van der Waals surface area (Å²) in [4.78, 5) is 20.9. The molecule has 154 valence electrons. The van der Waals surface area contributed by atoms with Crippen LogP contribution in [0.1, 0.15) is 43.2 Å². The van der Waals surface area contributed by atoms with Gasteiger partial charge in [-0.2, -0.15) is 0 Å². The highest BCUT2D eigenvalue weighted by Crippen LogP contribution is 2.40. The van der Waals surface area contributed by atoms with Crippen molar-refractivity contribution in [3.63, 3.8) is 0 Å². The van der Waals surface area contributed by atoms with Gasteiger partial charge in [0.25, 0.3) is 5.91 Å². The molecule has 2 heterocycles. The number of carbonyl (C=O) groups excluding carboxylic acids is 1. The van der Waals surface area contributed by atoms with Crippen LogP contribution in [0.5, 0.6) is 11.5 Å². The fraction of sp³-hybridized carbons (Fsp3) is 0.333. The van der Waals surface area contributed by atoms with Gasteiger partial charge in [0, 0.05) is 6.04 Å². The number of carbonyl (C=O) groups is 1. The van der Waals surface area contributed by atoms with Crippen molar-refractivity contribution in [3.05, 3.63) is 58.5 Å². The summed E-state index contributed by atoms with van der Waals surface area (Å²) in [6, 6.07) is 14.0. The molecule has 0 atom stereocenters. The van der Waals surface area contributed by atoms with Crippen LogP contribution in [0.25, 0.3) is 6.08 Å². The van der Waals surface area contributed by atoms with E-state index < -0.39 is 0 Å². The van der Waals surface area contributed by atoms with Crippen LogP contribution in [0.4, 0.5) is 5.69 Å². The van der Waals surface area contributed by atoms with Gasteiger partial charge in [0.1, 0.15) is 0 Å². The highest BCUT2D eigenvalue weighted by Gasteiger charge is 2.38. The summed E-state index contributed by atoms with van der Waals surface area (Å²) in [6.07, 6.45) is 7.62. The summed E-state index contributed by atoms with van der Waals surface area (Å²) in [5.74, 6) is 1.54. The molecule has 0 spiro atoms. The number of fused-ring (bicyclic) bond motifs is 1. The standard InChI is InChI=1S/C24H24N2O3S/c1-16-12-20-21(29-15-28-20)13-17(16)14-22-23(27)26(19-10-6-3-7-11-19)24(30-22)25-18-8-4-2-5-9-18/h2,4-5,8-9,12-14,19H,3,6-7,10-11,15H2,1H3. The minimum absolute atomic E-state index is 0.0543. The fourth-order valence-corrected chi connectivity index (χ4v) is 5.24. The van der Waals surface area contributed by atoms with Crippen molar-refractivity contribution in [1.82, 2.24) is 4.90 Å². The Hall–Kier alpha value is -2.73. The number of amidine groups is 1. The van der Waals surface area contributed by atoms with E-state index in [-0.39, 0.29) is 18.7 Å². The number of para-hydroxylation sites is 1. The molecule has 30 heavy (non-hydrogen) atoms. The predicted octanol–water partition coefficient (Wildman–Crippen LogP) is 5.66.